The summed E-state index contributed by atoms with van der Waals surface area (Å²) in [6, 6.07) is 0. The second-order valence-corrected chi connectivity index (χ2v) is 5.57. The van der Waals surface area contributed by atoms with Crippen molar-refractivity contribution in [2.75, 3.05) is 4.43 Å². The number of halogens is 2. The van der Waals surface area contributed by atoms with Crippen LogP contribution in [0.3, 0.4) is 0 Å². The maximum atomic E-state index is 11.3. The molecule has 0 aromatic heterocycles. The number of hydrogen-bond acceptors (Lipinski definition) is 1. The number of ketones is 1. The van der Waals surface area contributed by atoms with Gasteiger partial charge in [-0.3, -0.25) is 4.79 Å². The summed E-state index contributed by atoms with van der Waals surface area (Å²) in [6.45, 7) is 0. The number of rotatable bonds is 2. The van der Waals surface area contributed by atoms with E-state index in [1.54, 1.807) is 0 Å². The molecule has 1 aliphatic rings. The monoisotopic (exact) mass is 378 g/mol. The van der Waals surface area contributed by atoms with Gasteiger partial charge in [-0.1, -0.05) is 45.2 Å². The van der Waals surface area contributed by atoms with Gasteiger partial charge >= 0.3 is 0 Å². The fraction of sp³-hybridized carbons (Fsp3) is 0.875. The average Bonchev–Trinajstić information content (AvgIpc) is 2.05. The Morgan fingerprint density at radius 2 is 1.82 bits per heavy atom. The van der Waals surface area contributed by atoms with Crippen molar-refractivity contribution in [3.05, 3.63) is 0 Å². The highest BCUT2D eigenvalue weighted by Crippen LogP contribution is 2.29. The number of carbonyl (C=O) groups excluding carboxylic acids is 1. The van der Waals surface area contributed by atoms with Crippen LogP contribution in [0.4, 0.5) is 0 Å². The van der Waals surface area contributed by atoms with Gasteiger partial charge in [-0.05, 0) is 25.7 Å². The van der Waals surface area contributed by atoms with Crippen LogP contribution in [0.2, 0.25) is 0 Å². The second kappa shape index (κ2) is 4.99. The fourth-order valence-corrected chi connectivity index (χ4v) is 2.83. The van der Waals surface area contributed by atoms with E-state index in [9.17, 15) is 4.79 Å². The van der Waals surface area contributed by atoms with Gasteiger partial charge in [0.05, 0.1) is 4.43 Å². The van der Waals surface area contributed by atoms with Crippen molar-refractivity contribution in [1.29, 1.82) is 0 Å². The highest BCUT2D eigenvalue weighted by Gasteiger charge is 2.23. The summed E-state index contributed by atoms with van der Waals surface area (Å²) in [5.74, 6) is 0.867. The predicted molar refractivity (Wildman–Crippen MR) is 63.7 cm³/mol. The lowest BCUT2D eigenvalue weighted by Crippen LogP contribution is -2.22. The zero-order valence-corrected chi connectivity index (χ0v) is 10.7. The van der Waals surface area contributed by atoms with Crippen molar-refractivity contribution in [2.45, 2.75) is 29.6 Å². The van der Waals surface area contributed by atoms with Crippen LogP contribution >= 0.6 is 45.2 Å². The van der Waals surface area contributed by atoms with Gasteiger partial charge in [-0.2, -0.15) is 0 Å². The minimum atomic E-state index is 0.401. The molecule has 0 aromatic rings. The summed E-state index contributed by atoms with van der Waals surface area (Å²) in [6.07, 6.45) is 4.76. The van der Waals surface area contributed by atoms with E-state index in [-0.39, 0.29) is 0 Å². The molecule has 11 heavy (non-hydrogen) atoms. The van der Waals surface area contributed by atoms with Crippen molar-refractivity contribution >= 4 is 51.0 Å². The van der Waals surface area contributed by atoms with E-state index in [0.29, 0.717) is 16.1 Å². The minimum absolute atomic E-state index is 0.401. The van der Waals surface area contributed by atoms with Gasteiger partial charge in [0.2, 0.25) is 0 Å². The zero-order chi connectivity index (χ0) is 8.27. The predicted octanol–water partition coefficient (Wildman–Crippen LogP) is 2.98. The molecule has 0 aliphatic heterocycles. The molecule has 0 bridgehead atoms. The lowest BCUT2D eigenvalue weighted by molar-refractivity contribution is -0.120. The molecule has 1 nitrogen and oxygen atoms in total. The van der Waals surface area contributed by atoms with E-state index in [1.807, 2.05) is 0 Å². The van der Waals surface area contributed by atoms with Crippen LogP contribution < -0.4 is 0 Å². The molecule has 0 aromatic carbocycles. The molecule has 0 atom stereocenters. The third kappa shape index (κ3) is 3.16. The lowest BCUT2D eigenvalue weighted by Gasteiger charge is -2.23. The number of Topliss-reactive ketones (excluding diaryl/α,β-unsaturated/α-hetero) is 1. The molecular weight excluding hydrogens is 366 g/mol. The van der Waals surface area contributed by atoms with Crippen molar-refractivity contribution < 1.29 is 4.79 Å². The van der Waals surface area contributed by atoms with Crippen LogP contribution in [0.15, 0.2) is 0 Å². The molecule has 1 rings (SSSR count). The Morgan fingerprint density at radius 1 is 1.27 bits per heavy atom. The summed E-state index contributed by atoms with van der Waals surface area (Å²) < 4.78 is 1.53. The number of alkyl halides is 2. The standard InChI is InChI=1S/C8H12I2O/c9-5-8(11)6-1-3-7(10)4-2-6/h6-7H,1-5H2. The fourth-order valence-electron chi connectivity index (χ4n) is 1.48. The van der Waals surface area contributed by atoms with Crippen LogP contribution in [0.1, 0.15) is 25.7 Å². The Hall–Kier alpha value is 1.13. The van der Waals surface area contributed by atoms with Crippen LogP contribution in [0.5, 0.6) is 0 Å². The number of carbonyl (C=O) groups is 1. The summed E-state index contributed by atoms with van der Waals surface area (Å²) in [5.41, 5.74) is 0. The zero-order valence-electron chi connectivity index (χ0n) is 6.35. The lowest BCUT2D eigenvalue weighted by atomic mass is 9.87. The highest BCUT2D eigenvalue weighted by atomic mass is 127. The minimum Gasteiger partial charge on any atom is -0.299 e. The van der Waals surface area contributed by atoms with Crippen LogP contribution in [-0.2, 0) is 4.79 Å². The maximum absolute atomic E-state index is 11.3. The van der Waals surface area contributed by atoms with Gasteiger partial charge < -0.3 is 0 Å². The summed E-state index contributed by atoms with van der Waals surface area (Å²) >= 11 is 4.66. The van der Waals surface area contributed by atoms with Crippen LogP contribution in [0.25, 0.3) is 0 Å². The number of hydrogen-bond donors (Lipinski definition) is 0. The van der Waals surface area contributed by atoms with Crippen molar-refractivity contribution in [2.24, 2.45) is 5.92 Å². The first-order valence-electron chi connectivity index (χ1n) is 3.96. The van der Waals surface area contributed by atoms with E-state index in [0.717, 1.165) is 16.8 Å². The summed E-state index contributed by atoms with van der Waals surface area (Å²) in [5, 5.41) is 0. The normalized spacial score (nSPS) is 31.8. The van der Waals surface area contributed by atoms with Gasteiger partial charge in [0.25, 0.3) is 0 Å². The molecule has 1 fully saturated rings. The molecular formula is C8H12I2O. The van der Waals surface area contributed by atoms with Gasteiger partial charge in [0.15, 0.2) is 0 Å². The van der Waals surface area contributed by atoms with E-state index in [1.165, 1.54) is 12.8 Å². The SMILES string of the molecule is O=C(CI)C1CCC(I)CC1. The average molecular weight is 378 g/mol. The van der Waals surface area contributed by atoms with E-state index in [2.05, 4.69) is 45.2 Å². The Bertz CT molecular complexity index is 139. The Labute approximate surface area is 95.0 Å². The molecule has 0 heterocycles. The van der Waals surface area contributed by atoms with Crippen molar-refractivity contribution in [3.63, 3.8) is 0 Å². The Kier molecular flexibility index (Phi) is 4.63. The van der Waals surface area contributed by atoms with E-state index >= 15 is 0 Å². The van der Waals surface area contributed by atoms with Gasteiger partial charge in [0.1, 0.15) is 5.78 Å². The first-order valence-corrected chi connectivity index (χ1v) is 6.74. The Balaban J connectivity index is 2.33. The van der Waals surface area contributed by atoms with Crippen molar-refractivity contribution in [1.82, 2.24) is 0 Å². The molecule has 0 N–H and O–H groups in total. The first kappa shape index (κ1) is 10.2. The molecule has 0 unspecified atom stereocenters. The van der Waals surface area contributed by atoms with Gasteiger partial charge in [-0.15, -0.1) is 0 Å². The molecule has 0 radical (unpaired) electrons. The van der Waals surface area contributed by atoms with E-state index < -0.39 is 0 Å². The molecule has 64 valence electrons. The topological polar surface area (TPSA) is 17.1 Å². The molecule has 0 amide bonds. The molecule has 1 saturated carbocycles. The molecule has 1 aliphatic carbocycles. The quantitative estimate of drug-likeness (QED) is 0.534. The van der Waals surface area contributed by atoms with Crippen molar-refractivity contribution in [3.8, 4) is 0 Å². The van der Waals surface area contributed by atoms with Crippen LogP contribution in [-0.4, -0.2) is 14.1 Å². The molecule has 3 heteroatoms. The van der Waals surface area contributed by atoms with E-state index in [4.69, 9.17) is 0 Å². The third-order valence-corrected chi connectivity index (χ3v) is 4.24. The second-order valence-electron chi connectivity index (χ2n) is 3.05. The Morgan fingerprint density at radius 3 is 2.27 bits per heavy atom. The largest absolute Gasteiger partial charge is 0.299 e. The van der Waals surface area contributed by atoms with Gasteiger partial charge in [-0.25, -0.2) is 0 Å². The summed E-state index contributed by atoms with van der Waals surface area (Å²) in [4.78, 5) is 11.3. The molecule has 0 spiro atoms. The first-order chi connectivity index (χ1) is 5.24. The van der Waals surface area contributed by atoms with Crippen LogP contribution in [0, 0.1) is 5.92 Å². The summed E-state index contributed by atoms with van der Waals surface area (Å²) in [7, 11) is 0. The maximum Gasteiger partial charge on any atom is 0.145 e. The highest BCUT2D eigenvalue weighted by molar-refractivity contribution is 14.1. The third-order valence-electron chi connectivity index (χ3n) is 2.24. The smallest absolute Gasteiger partial charge is 0.145 e. The molecule has 0 saturated heterocycles. The van der Waals surface area contributed by atoms with Gasteiger partial charge in [0, 0.05) is 9.84 Å².